The molecule has 8 heteroatoms. The van der Waals surface area contributed by atoms with Crippen molar-refractivity contribution < 1.29 is 12.8 Å². The van der Waals surface area contributed by atoms with Crippen molar-refractivity contribution in [3.05, 3.63) is 71.0 Å². The molecule has 5 nitrogen and oxygen atoms in total. The van der Waals surface area contributed by atoms with E-state index in [4.69, 9.17) is 0 Å². The summed E-state index contributed by atoms with van der Waals surface area (Å²) in [5, 5.41) is 4.95. The molecular weight excluding hydrogens is 409 g/mol. The molecule has 0 spiro atoms. The number of nitrogens with one attached hydrogen (secondary N) is 1. The van der Waals surface area contributed by atoms with Crippen LogP contribution in [0.15, 0.2) is 63.3 Å². The Kier molecular flexibility index (Phi) is 5.67. The number of likely N-dealkylation sites (tertiary alicyclic amines) is 1. The maximum Gasteiger partial charge on any atom is 0.236 e. The van der Waals surface area contributed by atoms with Gasteiger partial charge in [0.05, 0.1) is 0 Å². The number of aryl methyl sites for hydroxylation is 1. The molecule has 1 aliphatic heterocycles. The molecule has 3 aromatic rings. The van der Waals surface area contributed by atoms with Crippen LogP contribution in [-0.4, -0.2) is 37.4 Å². The summed E-state index contributed by atoms with van der Waals surface area (Å²) in [6.45, 7) is 4.50. The van der Waals surface area contributed by atoms with Crippen molar-refractivity contribution in [2.45, 2.75) is 35.2 Å². The molecule has 0 amide bonds. The maximum absolute atomic E-state index is 14.7. The fourth-order valence-electron chi connectivity index (χ4n) is 3.61. The monoisotopic (exact) mass is 431 g/mol. The lowest BCUT2D eigenvalue weighted by molar-refractivity contribution is 0.328. The van der Waals surface area contributed by atoms with Gasteiger partial charge in [-0.1, -0.05) is 30.3 Å². The first-order valence-electron chi connectivity index (χ1n) is 9.41. The van der Waals surface area contributed by atoms with Crippen LogP contribution in [0.2, 0.25) is 0 Å². The molecule has 0 radical (unpaired) electrons. The van der Waals surface area contributed by atoms with Gasteiger partial charge in [0.25, 0.3) is 0 Å². The maximum atomic E-state index is 14.7. The van der Waals surface area contributed by atoms with Crippen molar-refractivity contribution in [1.29, 1.82) is 0 Å². The topological polar surface area (TPSA) is 62.3 Å². The normalized spacial score (nSPS) is 17.5. The minimum atomic E-state index is -3.94. The van der Waals surface area contributed by atoms with Crippen LogP contribution < -0.4 is 5.32 Å². The summed E-state index contributed by atoms with van der Waals surface area (Å²) < 4.78 is 39.9. The smallest absolute Gasteiger partial charge is 0.236 e. The summed E-state index contributed by atoms with van der Waals surface area (Å²) in [5.74, 6) is -0.757. The van der Waals surface area contributed by atoms with Crippen molar-refractivity contribution in [2.75, 3.05) is 18.4 Å². The second-order valence-electron chi connectivity index (χ2n) is 7.25. The number of thiazole rings is 1. The van der Waals surface area contributed by atoms with E-state index in [1.54, 1.807) is 12.3 Å². The molecule has 1 aliphatic rings. The highest BCUT2D eigenvalue weighted by molar-refractivity contribution is 7.93. The molecule has 4 rings (SSSR count). The zero-order valence-corrected chi connectivity index (χ0v) is 17.6. The van der Waals surface area contributed by atoms with Crippen molar-refractivity contribution >= 4 is 26.9 Å². The minimum absolute atomic E-state index is 0.0937. The van der Waals surface area contributed by atoms with Crippen LogP contribution in [0.4, 0.5) is 10.1 Å². The van der Waals surface area contributed by atoms with Gasteiger partial charge in [-0.2, -0.15) is 0 Å². The van der Waals surface area contributed by atoms with Crippen molar-refractivity contribution in [2.24, 2.45) is 0 Å². The molecular formula is C21H22FN3O2S2. The van der Waals surface area contributed by atoms with E-state index in [1.807, 2.05) is 18.2 Å². The second-order valence-corrected chi connectivity index (χ2v) is 10.2. The zero-order chi connectivity index (χ0) is 20.4. The van der Waals surface area contributed by atoms with E-state index in [9.17, 15) is 12.8 Å². The molecule has 0 unspecified atom stereocenters. The Morgan fingerprint density at radius 2 is 2.07 bits per heavy atom. The van der Waals surface area contributed by atoms with Crippen molar-refractivity contribution in [3.8, 4) is 0 Å². The highest BCUT2D eigenvalue weighted by atomic mass is 32.2. The van der Waals surface area contributed by atoms with Gasteiger partial charge in [-0.05, 0) is 36.6 Å². The molecule has 29 heavy (non-hydrogen) atoms. The minimum Gasteiger partial charge on any atom is -0.381 e. The predicted octanol–water partition coefficient (Wildman–Crippen LogP) is 4.11. The number of hydrogen-bond acceptors (Lipinski definition) is 6. The zero-order valence-electron chi connectivity index (χ0n) is 16.0. The molecule has 1 fully saturated rings. The van der Waals surface area contributed by atoms with Gasteiger partial charge in [-0.15, -0.1) is 11.3 Å². The van der Waals surface area contributed by atoms with Crippen LogP contribution in [-0.2, 0) is 16.4 Å². The number of aromatic nitrogens is 1. The number of anilines is 1. The van der Waals surface area contributed by atoms with E-state index in [2.05, 4.69) is 27.3 Å². The summed E-state index contributed by atoms with van der Waals surface area (Å²) in [4.78, 5) is 5.86. The van der Waals surface area contributed by atoms with E-state index in [1.165, 1.54) is 23.9 Å². The lowest BCUT2D eigenvalue weighted by atomic mass is 10.1. The molecule has 152 valence electrons. The molecule has 1 N–H and O–H groups in total. The fourth-order valence-corrected chi connectivity index (χ4v) is 5.95. The number of hydrogen-bond donors (Lipinski definition) is 1. The Morgan fingerprint density at radius 3 is 2.79 bits per heavy atom. The molecule has 2 heterocycles. The Bertz CT molecular complexity index is 1090. The largest absolute Gasteiger partial charge is 0.381 e. The van der Waals surface area contributed by atoms with E-state index in [0.717, 1.165) is 37.4 Å². The molecule has 1 saturated heterocycles. The highest BCUT2D eigenvalue weighted by Crippen LogP contribution is 2.30. The average Bonchev–Trinajstić information content (AvgIpc) is 3.38. The first kappa shape index (κ1) is 20.0. The number of sulfone groups is 1. The van der Waals surface area contributed by atoms with Gasteiger partial charge in [0.15, 0.2) is 0 Å². The van der Waals surface area contributed by atoms with Crippen LogP contribution in [0.25, 0.3) is 0 Å². The summed E-state index contributed by atoms with van der Waals surface area (Å²) in [7, 11) is -3.94. The molecule has 0 aliphatic carbocycles. The molecule has 0 bridgehead atoms. The molecule has 0 saturated carbocycles. The van der Waals surface area contributed by atoms with Gasteiger partial charge in [0.2, 0.25) is 14.2 Å². The van der Waals surface area contributed by atoms with E-state index >= 15 is 0 Å². The summed E-state index contributed by atoms with van der Waals surface area (Å²) in [6.07, 6.45) is 2.35. The van der Waals surface area contributed by atoms with Crippen LogP contribution in [0.1, 0.15) is 17.5 Å². The Hall–Kier alpha value is -2.29. The summed E-state index contributed by atoms with van der Waals surface area (Å²) in [5.41, 5.74) is 2.60. The van der Waals surface area contributed by atoms with Gasteiger partial charge < -0.3 is 5.32 Å². The summed E-state index contributed by atoms with van der Waals surface area (Å²) in [6, 6.07) is 13.2. The van der Waals surface area contributed by atoms with Gasteiger partial charge in [-0.25, -0.2) is 17.8 Å². The quantitative estimate of drug-likeness (QED) is 0.636. The molecule has 1 aromatic heterocycles. The Balaban J connectivity index is 1.47. The number of rotatable bonds is 6. The van der Waals surface area contributed by atoms with Crippen LogP contribution >= 0.6 is 11.3 Å². The van der Waals surface area contributed by atoms with E-state index < -0.39 is 15.7 Å². The Labute approximate surface area is 174 Å². The molecule has 1 atom stereocenters. The second kappa shape index (κ2) is 8.22. The average molecular weight is 432 g/mol. The first-order valence-corrected chi connectivity index (χ1v) is 11.8. The fraction of sp³-hybridized carbons (Fsp3) is 0.286. The highest BCUT2D eigenvalue weighted by Gasteiger charge is 2.27. The van der Waals surface area contributed by atoms with Crippen molar-refractivity contribution in [1.82, 2.24) is 9.88 Å². The van der Waals surface area contributed by atoms with Gasteiger partial charge in [0, 0.05) is 42.9 Å². The predicted molar refractivity (Wildman–Crippen MR) is 112 cm³/mol. The SMILES string of the molecule is Cc1cc(S(=O)(=O)c2nccs2)c(F)cc1N[C@@H]1CCN(Cc2ccccc2)C1. The van der Waals surface area contributed by atoms with E-state index in [-0.39, 0.29) is 15.3 Å². The lowest BCUT2D eigenvalue weighted by Crippen LogP contribution is -2.26. The molecule has 2 aromatic carbocycles. The van der Waals surface area contributed by atoms with Gasteiger partial charge >= 0.3 is 0 Å². The first-order chi connectivity index (χ1) is 13.9. The van der Waals surface area contributed by atoms with E-state index in [0.29, 0.717) is 11.3 Å². The third-order valence-electron chi connectivity index (χ3n) is 5.09. The van der Waals surface area contributed by atoms with Gasteiger partial charge in [-0.3, -0.25) is 4.90 Å². The number of halogens is 1. The van der Waals surface area contributed by atoms with Crippen LogP contribution in [0.3, 0.4) is 0 Å². The third kappa shape index (κ3) is 4.34. The van der Waals surface area contributed by atoms with Crippen LogP contribution in [0.5, 0.6) is 0 Å². The van der Waals surface area contributed by atoms with Crippen LogP contribution in [0, 0.1) is 12.7 Å². The third-order valence-corrected chi connectivity index (χ3v) is 8.06. The number of nitrogens with zero attached hydrogens (tertiary/aromatic N) is 2. The standard InChI is InChI=1S/C21H22FN3O2S2/c1-15-11-20(29(26,27)21-23-8-10-28-21)18(22)12-19(15)24-17-7-9-25(14-17)13-16-5-3-2-4-6-16/h2-6,8,10-12,17,24H,7,9,13-14H2,1H3/t17-/m1/s1. The lowest BCUT2D eigenvalue weighted by Gasteiger charge is -2.19. The van der Waals surface area contributed by atoms with Gasteiger partial charge in [0.1, 0.15) is 10.7 Å². The number of benzene rings is 2. The van der Waals surface area contributed by atoms with Crippen molar-refractivity contribution in [3.63, 3.8) is 0 Å². The Morgan fingerprint density at radius 1 is 1.28 bits per heavy atom. The summed E-state index contributed by atoms with van der Waals surface area (Å²) >= 11 is 0.984.